The Balaban J connectivity index is 1.52. The molecule has 2 aromatic rings. The van der Waals surface area contributed by atoms with Crippen LogP contribution >= 0.6 is 27.7 Å². The number of aromatic nitrogens is 2. The number of nitrogens with one attached hydrogen (secondary N) is 2. The topological polar surface area (TPSA) is 87.3 Å². The number of aromatic amines is 1. The van der Waals surface area contributed by atoms with E-state index in [9.17, 15) is 9.59 Å². The average Bonchev–Trinajstić information content (AvgIpc) is 2.78. The number of benzene rings is 1. The molecule has 1 aromatic carbocycles. The van der Waals surface area contributed by atoms with Gasteiger partial charge in [-0.05, 0) is 30.5 Å². The summed E-state index contributed by atoms with van der Waals surface area (Å²) in [5.74, 6) is 1.02. The molecule has 7 nitrogen and oxygen atoms in total. The number of nitrogens with zero attached hydrogens (tertiary/aromatic N) is 2. The number of ketones is 1. The molecule has 162 valence electrons. The lowest BCUT2D eigenvalue weighted by molar-refractivity contribution is -0.116. The van der Waals surface area contributed by atoms with Gasteiger partial charge in [-0.25, -0.2) is 4.98 Å². The molecule has 0 bridgehead atoms. The van der Waals surface area contributed by atoms with Gasteiger partial charge in [-0.1, -0.05) is 39.8 Å². The number of morpholine rings is 1. The normalized spacial score (nSPS) is 21.5. The van der Waals surface area contributed by atoms with Crippen molar-refractivity contribution in [3.8, 4) is 0 Å². The van der Waals surface area contributed by atoms with Gasteiger partial charge < -0.3 is 15.0 Å². The summed E-state index contributed by atoms with van der Waals surface area (Å²) in [4.78, 5) is 36.1. The van der Waals surface area contributed by atoms with Gasteiger partial charge in [-0.2, -0.15) is 0 Å². The van der Waals surface area contributed by atoms with Crippen LogP contribution in [0.15, 0.2) is 50.0 Å². The summed E-state index contributed by atoms with van der Waals surface area (Å²) in [6.07, 6.45) is 2.12. The largest absolute Gasteiger partial charge is 0.379 e. The molecule has 0 radical (unpaired) electrons. The van der Waals surface area contributed by atoms with Gasteiger partial charge in [0, 0.05) is 41.2 Å². The molecule has 5 rings (SSSR count). The molecule has 3 heterocycles. The van der Waals surface area contributed by atoms with Crippen molar-refractivity contribution in [3.05, 3.63) is 61.5 Å². The molecule has 0 amide bonds. The van der Waals surface area contributed by atoms with Gasteiger partial charge in [0.15, 0.2) is 10.9 Å². The first-order valence-corrected chi connectivity index (χ1v) is 12.2. The number of thioether (sulfide) groups is 1. The highest BCUT2D eigenvalue weighted by molar-refractivity contribution is 9.10. The zero-order valence-electron chi connectivity index (χ0n) is 16.9. The Hall–Kier alpha value is -1.94. The van der Waals surface area contributed by atoms with Crippen LogP contribution in [-0.2, 0) is 9.53 Å². The monoisotopic (exact) mass is 502 g/mol. The van der Waals surface area contributed by atoms with Gasteiger partial charge in [0.25, 0.3) is 5.56 Å². The molecule has 0 spiro atoms. The Kier molecular flexibility index (Phi) is 6.01. The van der Waals surface area contributed by atoms with Gasteiger partial charge in [0.1, 0.15) is 5.82 Å². The van der Waals surface area contributed by atoms with E-state index in [4.69, 9.17) is 9.72 Å². The first kappa shape index (κ1) is 20.9. The van der Waals surface area contributed by atoms with Crippen molar-refractivity contribution >= 4 is 39.3 Å². The lowest BCUT2D eigenvalue weighted by Crippen LogP contribution is -2.36. The predicted octanol–water partition coefficient (Wildman–Crippen LogP) is 3.48. The Labute approximate surface area is 192 Å². The molecule has 1 aromatic heterocycles. The summed E-state index contributed by atoms with van der Waals surface area (Å²) < 4.78 is 6.35. The zero-order chi connectivity index (χ0) is 21.4. The van der Waals surface area contributed by atoms with Crippen molar-refractivity contribution in [2.75, 3.05) is 37.5 Å². The highest BCUT2D eigenvalue weighted by Gasteiger charge is 2.37. The third-order valence-corrected chi connectivity index (χ3v) is 7.42. The summed E-state index contributed by atoms with van der Waals surface area (Å²) in [5.41, 5.74) is 2.86. The molecule has 31 heavy (non-hydrogen) atoms. The number of fused-ring (bicyclic) bond motifs is 1. The fourth-order valence-corrected chi connectivity index (χ4v) is 5.53. The van der Waals surface area contributed by atoms with E-state index in [1.165, 1.54) is 11.8 Å². The summed E-state index contributed by atoms with van der Waals surface area (Å²) in [6.45, 7) is 3.22. The fraction of sp³-hybridized carbons (Fsp3) is 0.409. The molecule has 1 fully saturated rings. The maximum atomic E-state index is 13.2. The van der Waals surface area contributed by atoms with Crippen molar-refractivity contribution in [2.24, 2.45) is 0 Å². The molecule has 0 unspecified atom stereocenters. The van der Waals surface area contributed by atoms with Crippen LogP contribution in [0.4, 0.5) is 5.82 Å². The van der Waals surface area contributed by atoms with E-state index in [0.717, 1.165) is 60.8 Å². The Bertz CT molecular complexity index is 1090. The highest BCUT2D eigenvalue weighted by Crippen LogP contribution is 2.43. The Morgan fingerprint density at radius 2 is 1.94 bits per heavy atom. The van der Waals surface area contributed by atoms with E-state index in [-0.39, 0.29) is 11.3 Å². The van der Waals surface area contributed by atoms with E-state index >= 15 is 0 Å². The van der Waals surface area contributed by atoms with Gasteiger partial charge in [-0.3, -0.25) is 14.5 Å². The molecule has 1 saturated heterocycles. The number of H-pyrrole nitrogens is 1. The molecule has 1 aliphatic carbocycles. The van der Waals surface area contributed by atoms with E-state index in [2.05, 4.69) is 31.1 Å². The lowest BCUT2D eigenvalue weighted by Gasteiger charge is -2.33. The molecule has 3 aliphatic rings. The number of allylic oxidation sites excluding steroid dienone is 2. The number of anilines is 1. The standard InChI is InChI=1S/C22H23BrN4O3S/c23-14-6-4-13(5-7-14)17-18-15(2-1-3-16(18)28)24-20-19(17)21(29)26-22(25-20)31-12-27-8-10-30-11-9-27/h4-7,17H,1-3,8-12H2,(H2,24,25,26,29)/t17-/m0/s1. The number of carbonyl (C=O) groups is 1. The predicted molar refractivity (Wildman–Crippen MR) is 123 cm³/mol. The van der Waals surface area contributed by atoms with Crippen LogP contribution in [0.2, 0.25) is 0 Å². The number of rotatable bonds is 4. The molecule has 2 aliphatic heterocycles. The van der Waals surface area contributed by atoms with Crippen LogP contribution in [0.25, 0.3) is 0 Å². The van der Waals surface area contributed by atoms with Crippen LogP contribution in [0.1, 0.15) is 36.3 Å². The second-order valence-corrected chi connectivity index (χ2v) is 9.76. The Morgan fingerprint density at radius 1 is 1.16 bits per heavy atom. The first-order valence-electron chi connectivity index (χ1n) is 10.5. The lowest BCUT2D eigenvalue weighted by atomic mass is 9.76. The number of ether oxygens (including phenoxy) is 1. The van der Waals surface area contributed by atoms with Crippen LogP contribution in [-0.4, -0.2) is 52.8 Å². The van der Waals surface area contributed by atoms with E-state index in [1.807, 2.05) is 24.3 Å². The van der Waals surface area contributed by atoms with Gasteiger partial charge >= 0.3 is 0 Å². The molecule has 9 heteroatoms. The molecular weight excluding hydrogens is 480 g/mol. The SMILES string of the molecule is O=C1CCCC2=C1[C@H](c1ccc(Br)cc1)c1c(nc(SCN3CCOCC3)[nH]c1=O)N2. The van der Waals surface area contributed by atoms with Crippen molar-refractivity contribution in [1.29, 1.82) is 0 Å². The molecular formula is C22H23BrN4O3S. The van der Waals surface area contributed by atoms with Crippen molar-refractivity contribution < 1.29 is 9.53 Å². The van der Waals surface area contributed by atoms with Crippen LogP contribution in [0, 0.1) is 0 Å². The first-order chi connectivity index (χ1) is 15.1. The minimum Gasteiger partial charge on any atom is -0.379 e. The summed E-state index contributed by atoms with van der Waals surface area (Å²) in [7, 11) is 0. The zero-order valence-corrected chi connectivity index (χ0v) is 19.4. The molecule has 0 saturated carbocycles. The van der Waals surface area contributed by atoms with E-state index in [0.29, 0.717) is 28.5 Å². The number of hydrogen-bond donors (Lipinski definition) is 2. The number of hydrogen-bond acceptors (Lipinski definition) is 7. The molecule has 1 atom stereocenters. The van der Waals surface area contributed by atoms with Crippen molar-refractivity contribution in [2.45, 2.75) is 30.3 Å². The smallest absolute Gasteiger partial charge is 0.257 e. The maximum Gasteiger partial charge on any atom is 0.257 e. The fourth-order valence-electron chi connectivity index (χ4n) is 4.38. The van der Waals surface area contributed by atoms with Gasteiger partial charge in [-0.15, -0.1) is 0 Å². The second kappa shape index (κ2) is 8.90. The van der Waals surface area contributed by atoms with Crippen LogP contribution in [0.3, 0.4) is 0 Å². The summed E-state index contributed by atoms with van der Waals surface area (Å²) >= 11 is 4.99. The second-order valence-electron chi connectivity index (χ2n) is 7.92. The van der Waals surface area contributed by atoms with Gasteiger partial charge in [0.2, 0.25) is 0 Å². The summed E-state index contributed by atoms with van der Waals surface area (Å²) in [5, 5.41) is 3.92. The summed E-state index contributed by atoms with van der Waals surface area (Å²) in [6, 6.07) is 7.82. The molecule has 2 N–H and O–H groups in total. The quantitative estimate of drug-likeness (QED) is 0.488. The van der Waals surface area contributed by atoms with Crippen molar-refractivity contribution in [3.63, 3.8) is 0 Å². The van der Waals surface area contributed by atoms with Crippen LogP contribution in [0.5, 0.6) is 0 Å². The average molecular weight is 503 g/mol. The van der Waals surface area contributed by atoms with Crippen LogP contribution < -0.4 is 10.9 Å². The highest BCUT2D eigenvalue weighted by atomic mass is 79.9. The van der Waals surface area contributed by atoms with Crippen molar-refractivity contribution in [1.82, 2.24) is 14.9 Å². The number of carbonyl (C=O) groups excluding carboxylic acids is 1. The minimum absolute atomic E-state index is 0.109. The maximum absolute atomic E-state index is 13.2. The number of Topliss-reactive ketones (excluding diaryl/α,β-unsaturated/α-hetero) is 1. The minimum atomic E-state index is -0.401. The third kappa shape index (κ3) is 4.24. The van der Waals surface area contributed by atoms with E-state index < -0.39 is 5.92 Å². The van der Waals surface area contributed by atoms with Gasteiger partial charge in [0.05, 0.1) is 24.7 Å². The van der Waals surface area contributed by atoms with E-state index in [1.54, 1.807) is 0 Å². The third-order valence-electron chi connectivity index (χ3n) is 5.93. The Morgan fingerprint density at radius 3 is 2.71 bits per heavy atom. The number of halogens is 1.